The molecular weight excluding hydrogens is 182 g/mol. The molecule has 0 saturated heterocycles. The Bertz CT molecular complexity index is 190. The monoisotopic (exact) mass is 201 g/mol. The Balaban J connectivity index is 2.07. The lowest BCUT2D eigenvalue weighted by atomic mass is 9.88. The number of aliphatic carboxylic acids is 1. The number of hydrogen-bond acceptors (Lipinski definition) is 3. The van der Waals surface area contributed by atoms with Crippen molar-refractivity contribution < 1.29 is 14.6 Å². The fourth-order valence-corrected chi connectivity index (χ4v) is 1.80. The summed E-state index contributed by atoms with van der Waals surface area (Å²) in [5.41, 5.74) is 0. The van der Waals surface area contributed by atoms with Crippen molar-refractivity contribution in [3.8, 4) is 0 Å². The number of ether oxygens (including phenoxy) is 1. The lowest BCUT2D eigenvalue weighted by Crippen LogP contribution is -2.49. The standard InChI is InChI=1S/C10H19NO3/c1-3-14-9-5-8(6-9)11-7(2)4-10(12)13/h7-9,11H,3-6H2,1-2H3,(H,12,13). The molecule has 1 aliphatic rings. The zero-order chi connectivity index (χ0) is 10.6. The largest absolute Gasteiger partial charge is 0.481 e. The van der Waals surface area contributed by atoms with Gasteiger partial charge in [0.2, 0.25) is 0 Å². The summed E-state index contributed by atoms with van der Waals surface area (Å²) in [4.78, 5) is 10.4. The van der Waals surface area contributed by atoms with E-state index in [9.17, 15) is 4.79 Å². The molecule has 0 aromatic heterocycles. The minimum Gasteiger partial charge on any atom is -0.481 e. The van der Waals surface area contributed by atoms with Gasteiger partial charge in [0.15, 0.2) is 0 Å². The van der Waals surface area contributed by atoms with Crippen molar-refractivity contribution in [3.63, 3.8) is 0 Å². The zero-order valence-electron chi connectivity index (χ0n) is 8.82. The fourth-order valence-electron chi connectivity index (χ4n) is 1.80. The summed E-state index contributed by atoms with van der Waals surface area (Å²) in [5, 5.41) is 11.8. The molecule has 0 aromatic carbocycles. The number of carbonyl (C=O) groups is 1. The SMILES string of the molecule is CCOC1CC(NC(C)CC(=O)O)C1. The number of hydrogen-bond donors (Lipinski definition) is 2. The Morgan fingerprint density at radius 3 is 2.79 bits per heavy atom. The van der Waals surface area contributed by atoms with E-state index in [1.807, 2.05) is 13.8 Å². The average Bonchev–Trinajstić information content (AvgIpc) is 1.99. The van der Waals surface area contributed by atoms with Crippen molar-refractivity contribution >= 4 is 5.97 Å². The molecule has 14 heavy (non-hydrogen) atoms. The highest BCUT2D eigenvalue weighted by atomic mass is 16.5. The second kappa shape index (κ2) is 5.32. The van der Waals surface area contributed by atoms with Crippen LogP contribution < -0.4 is 5.32 Å². The summed E-state index contributed by atoms with van der Waals surface area (Å²) in [6.07, 6.45) is 2.60. The second-order valence-electron chi connectivity index (χ2n) is 3.91. The van der Waals surface area contributed by atoms with Crippen LogP contribution in [0, 0.1) is 0 Å². The number of rotatable bonds is 6. The summed E-state index contributed by atoms with van der Waals surface area (Å²) in [5.74, 6) is -0.745. The highest BCUT2D eigenvalue weighted by Crippen LogP contribution is 2.23. The van der Waals surface area contributed by atoms with Crippen LogP contribution in [0.5, 0.6) is 0 Å². The van der Waals surface area contributed by atoms with Gasteiger partial charge in [-0.1, -0.05) is 0 Å². The van der Waals surface area contributed by atoms with Gasteiger partial charge < -0.3 is 15.2 Å². The van der Waals surface area contributed by atoms with Crippen LogP contribution >= 0.6 is 0 Å². The molecule has 1 saturated carbocycles. The number of carboxylic acids is 1. The highest BCUT2D eigenvalue weighted by molar-refractivity contribution is 5.67. The number of carboxylic acid groups (broad SMARTS) is 1. The van der Waals surface area contributed by atoms with E-state index in [1.54, 1.807) is 0 Å². The van der Waals surface area contributed by atoms with Crippen LogP contribution in [0.4, 0.5) is 0 Å². The first-order valence-electron chi connectivity index (χ1n) is 5.21. The second-order valence-corrected chi connectivity index (χ2v) is 3.91. The first-order valence-corrected chi connectivity index (χ1v) is 5.21. The molecule has 1 rings (SSSR count). The molecule has 0 aliphatic heterocycles. The molecule has 1 aliphatic carbocycles. The molecule has 0 aromatic rings. The molecular formula is C10H19NO3. The maximum atomic E-state index is 10.4. The molecule has 1 fully saturated rings. The maximum Gasteiger partial charge on any atom is 0.304 e. The summed E-state index contributed by atoms with van der Waals surface area (Å²) < 4.78 is 5.41. The van der Waals surface area contributed by atoms with E-state index in [0.717, 1.165) is 19.4 Å². The molecule has 4 heteroatoms. The van der Waals surface area contributed by atoms with E-state index in [-0.39, 0.29) is 12.5 Å². The van der Waals surface area contributed by atoms with Gasteiger partial charge in [-0.3, -0.25) is 4.79 Å². The van der Waals surface area contributed by atoms with E-state index in [2.05, 4.69) is 5.32 Å². The Labute approximate surface area is 84.6 Å². The minimum atomic E-state index is -0.745. The van der Waals surface area contributed by atoms with Gasteiger partial charge in [-0.25, -0.2) is 0 Å². The predicted octanol–water partition coefficient (Wildman–Crippen LogP) is 1.01. The molecule has 0 amide bonds. The van der Waals surface area contributed by atoms with Gasteiger partial charge in [0.25, 0.3) is 0 Å². The fraction of sp³-hybridized carbons (Fsp3) is 0.900. The first kappa shape index (κ1) is 11.5. The maximum absolute atomic E-state index is 10.4. The van der Waals surface area contributed by atoms with Crippen molar-refractivity contribution in [1.82, 2.24) is 5.32 Å². The third-order valence-electron chi connectivity index (χ3n) is 2.50. The zero-order valence-corrected chi connectivity index (χ0v) is 8.82. The third kappa shape index (κ3) is 3.64. The third-order valence-corrected chi connectivity index (χ3v) is 2.50. The van der Waals surface area contributed by atoms with Gasteiger partial charge in [0.05, 0.1) is 12.5 Å². The topological polar surface area (TPSA) is 58.6 Å². The predicted molar refractivity (Wildman–Crippen MR) is 53.3 cm³/mol. The molecule has 82 valence electrons. The summed E-state index contributed by atoms with van der Waals surface area (Å²) >= 11 is 0. The lowest BCUT2D eigenvalue weighted by Gasteiger charge is -2.37. The van der Waals surface area contributed by atoms with E-state index < -0.39 is 5.97 Å². The Kier molecular flexibility index (Phi) is 4.35. The van der Waals surface area contributed by atoms with Crippen molar-refractivity contribution in [3.05, 3.63) is 0 Å². The Morgan fingerprint density at radius 2 is 2.29 bits per heavy atom. The molecule has 0 radical (unpaired) electrons. The van der Waals surface area contributed by atoms with E-state index in [4.69, 9.17) is 9.84 Å². The molecule has 1 atom stereocenters. The summed E-state index contributed by atoms with van der Waals surface area (Å²) in [6.45, 7) is 4.66. The minimum absolute atomic E-state index is 0.0556. The number of nitrogens with one attached hydrogen (secondary N) is 1. The van der Waals surface area contributed by atoms with Gasteiger partial charge >= 0.3 is 5.97 Å². The summed E-state index contributed by atoms with van der Waals surface area (Å²) in [6, 6.07) is 0.501. The van der Waals surface area contributed by atoms with Crippen LogP contribution in [-0.4, -0.2) is 35.9 Å². The normalized spacial score (nSPS) is 28.1. The Morgan fingerprint density at radius 1 is 1.64 bits per heavy atom. The van der Waals surface area contributed by atoms with Gasteiger partial charge in [-0.05, 0) is 26.7 Å². The first-order chi connectivity index (χ1) is 6.61. The van der Waals surface area contributed by atoms with Gasteiger partial charge in [-0.15, -0.1) is 0 Å². The molecule has 4 nitrogen and oxygen atoms in total. The van der Waals surface area contributed by atoms with Crippen LogP contribution in [0.25, 0.3) is 0 Å². The molecule has 2 N–H and O–H groups in total. The van der Waals surface area contributed by atoms with Crippen LogP contribution in [0.1, 0.15) is 33.1 Å². The van der Waals surface area contributed by atoms with Crippen molar-refractivity contribution in [1.29, 1.82) is 0 Å². The van der Waals surface area contributed by atoms with Crippen molar-refractivity contribution in [2.24, 2.45) is 0 Å². The average molecular weight is 201 g/mol. The van der Waals surface area contributed by atoms with Crippen LogP contribution in [0.2, 0.25) is 0 Å². The van der Waals surface area contributed by atoms with E-state index in [1.165, 1.54) is 0 Å². The van der Waals surface area contributed by atoms with Crippen LogP contribution in [-0.2, 0) is 9.53 Å². The van der Waals surface area contributed by atoms with E-state index in [0.29, 0.717) is 12.1 Å². The molecule has 0 bridgehead atoms. The van der Waals surface area contributed by atoms with Crippen LogP contribution in [0.3, 0.4) is 0 Å². The summed E-state index contributed by atoms with van der Waals surface area (Å²) in [7, 11) is 0. The molecule has 0 heterocycles. The van der Waals surface area contributed by atoms with Gasteiger partial charge in [0.1, 0.15) is 0 Å². The lowest BCUT2D eigenvalue weighted by molar-refractivity contribution is -0.137. The quantitative estimate of drug-likeness (QED) is 0.673. The highest BCUT2D eigenvalue weighted by Gasteiger charge is 2.30. The van der Waals surface area contributed by atoms with Crippen molar-refractivity contribution in [2.75, 3.05) is 6.61 Å². The van der Waals surface area contributed by atoms with Crippen LogP contribution in [0.15, 0.2) is 0 Å². The van der Waals surface area contributed by atoms with Crippen molar-refractivity contribution in [2.45, 2.75) is 51.3 Å². The van der Waals surface area contributed by atoms with Gasteiger partial charge in [0, 0.05) is 18.7 Å². The molecule has 0 spiro atoms. The molecule has 1 unspecified atom stereocenters. The Hall–Kier alpha value is -0.610. The smallest absolute Gasteiger partial charge is 0.304 e. The van der Waals surface area contributed by atoms with Gasteiger partial charge in [-0.2, -0.15) is 0 Å². The van der Waals surface area contributed by atoms with E-state index >= 15 is 0 Å².